The third-order valence-corrected chi connectivity index (χ3v) is 4.69. The van der Waals surface area contributed by atoms with Crippen LogP contribution in [0.4, 0.5) is 0 Å². The summed E-state index contributed by atoms with van der Waals surface area (Å²) in [6.07, 6.45) is 5.08. The zero-order valence-corrected chi connectivity index (χ0v) is 13.1. The Morgan fingerprint density at radius 2 is 2.14 bits per heavy atom. The van der Waals surface area contributed by atoms with Crippen molar-refractivity contribution in [2.45, 2.75) is 39.2 Å². The lowest BCUT2D eigenvalue weighted by Crippen LogP contribution is -2.39. The van der Waals surface area contributed by atoms with Gasteiger partial charge in [-0.1, -0.05) is 38.1 Å². The monoisotopic (exact) mass is 284 g/mol. The van der Waals surface area contributed by atoms with Crippen molar-refractivity contribution in [2.24, 2.45) is 12.5 Å². The van der Waals surface area contributed by atoms with E-state index >= 15 is 0 Å². The summed E-state index contributed by atoms with van der Waals surface area (Å²) in [7, 11) is 2.00. The van der Waals surface area contributed by atoms with Crippen molar-refractivity contribution >= 4 is 0 Å². The first-order chi connectivity index (χ1) is 10.1. The minimum atomic E-state index is 0.286. The van der Waals surface area contributed by atoms with Crippen LogP contribution in [-0.4, -0.2) is 21.3 Å². The highest BCUT2D eigenvalue weighted by Crippen LogP contribution is 2.43. The molecule has 1 heterocycles. The number of nitrogens with one attached hydrogen (secondary N) is 1. The molecule has 1 N–H and O–H groups in total. The molecule has 1 aromatic carbocycles. The van der Waals surface area contributed by atoms with Crippen LogP contribution in [0.5, 0.6) is 0 Å². The van der Waals surface area contributed by atoms with Crippen LogP contribution in [0, 0.1) is 5.41 Å². The van der Waals surface area contributed by atoms with Gasteiger partial charge in [0, 0.05) is 26.1 Å². The van der Waals surface area contributed by atoms with Crippen molar-refractivity contribution in [3.8, 4) is 0 Å². The first-order valence-corrected chi connectivity index (χ1v) is 7.72. The molecule has 21 heavy (non-hydrogen) atoms. The van der Waals surface area contributed by atoms with Gasteiger partial charge in [0.2, 0.25) is 0 Å². The topological polar surface area (TPSA) is 42.7 Å². The molecule has 0 spiro atoms. The molecular weight excluding hydrogens is 260 g/mol. The molecule has 0 radical (unpaired) electrons. The molecule has 0 fully saturated rings. The van der Waals surface area contributed by atoms with Gasteiger partial charge in [0.05, 0.1) is 0 Å². The summed E-state index contributed by atoms with van der Waals surface area (Å²) in [6.45, 7) is 5.65. The predicted octanol–water partition coefficient (Wildman–Crippen LogP) is 2.66. The molecule has 3 rings (SSSR count). The normalized spacial score (nSPS) is 20.2. The fraction of sp³-hybridized carbons (Fsp3) is 0.529. The van der Waals surface area contributed by atoms with Crippen molar-refractivity contribution in [1.29, 1.82) is 0 Å². The molecule has 1 aliphatic carbocycles. The van der Waals surface area contributed by atoms with Gasteiger partial charge in [-0.25, -0.2) is 0 Å². The summed E-state index contributed by atoms with van der Waals surface area (Å²) < 4.78 is 1.99. The Hall–Kier alpha value is -1.68. The fourth-order valence-electron chi connectivity index (χ4n) is 3.31. The van der Waals surface area contributed by atoms with Gasteiger partial charge in [0.1, 0.15) is 12.2 Å². The van der Waals surface area contributed by atoms with E-state index in [1.54, 1.807) is 6.33 Å². The van der Waals surface area contributed by atoms with Gasteiger partial charge in [-0.15, -0.1) is 10.2 Å². The zero-order chi connectivity index (χ0) is 14.9. The van der Waals surface area contributed by atoms with Gasteiger partial charge in [-0.3, -0.25) is 0 Å². The maximum atomic E-state index is 4.15. The van der Waals surface area contributed by atoms with Crippen LogP contribution >= 0.6 is 0 Å². The van der Waals surface area contributed by atoms with E-state index in [1.807, 2.05) is 11.6 Å². The van der Waals surface area contributed by atoms with E-state index in [4.69, 9.17) is 0 Å². The average molecular weight is 284 g/mol. The fourth-order valence-corrected chi connectivity index (χ4v) is 3.31. The summed E-state index contributed by atoms with van der Waals surface area (Å²) in [5, 5.41) is 11.8. The van der Waals surface area contributed by atoms with Crippen LogP contribution in [0.15, 0.2) is 30.6 Å². The van der Waals surface area contributed by atoms with Gasteiger partial charge in [0.25, 0.3) is 0 Å². The van der Waals surface area contributed by atoms with E-state index in [-0.39, 0.29) is 5.41 Å². The number of aromatic nitrogens is 3. The summed E-state index contributed by atoms with van der Waals surface area (Å²) in [4.78, 5) is 0. The van der Waals surface area contributed by atoms with Crippen LogP contribution < -0.4 is 5.32 Å². The Morgan fingerprint density at radius 3 is 2.90 bits per heavy atom. The predicted molar refractivity (Wildman–Crippen MR) is 84.0 cm³/mol. The lowest BCUT2D eigenvalue weighted by Gasteiger charge is -2.40. The number of rotatable bonds is 4. The Bertz CT molecular complexity index is 615. The van der Waals surface area contributed by atoms with Crippen molar-refractivity contribution in [1.82, 2.24) is 20.1 Å². The van der Waals surface area contributed by atoms with Gasteiger partial charge in [-0.05, 0) is 29.4 Å². The summed E-state index contributed by atoms with van der Waals surface area (Å²) in [5.74, 6) is 1.03. The molecule has 0 amide bonds. The number of benzene rings is 1. The van der Waals surface area contributed by atoms with Gasteiger partial charge in [-0.2, -0.15) is 0 Å². The second kappa shape index (κ2) is 5.60. The Labute approximate surface area is 126 Å². The van der Waals surface area contributed by atoms with E-state index in [0.29, 0.717) is 6.04 Å². The summed E-state index contributed by atoms with van der Waals surface area (Å²) in [6, 6.07) is 9.25. The second-order valence-corrected chi connectivity index (χ2v) is 6.68. The highest BCUT2D eigenvalue weighted by molar-refractivity contribution is 5.34. The maximum Gasteiger partial charge on any atom is 0.133 e. The first-order valence-electron chi connectivity index (χ1n) is 7.72. The number of fused-ring (bicyclic) bond motifs is 1. The quantitative estimate of drug-likeness (QED) is 0.938. The van der Waals surface area contributed by atoms with Crippen LogP contribution in [0.1, 0.15) is 43.3 Å². The minimum Gasteiger partial charge on any atom is -0.321 e. The van der Waals surface area contributed by atoms with Crippen molar-refractivity contribution in [3.05, 3.63) is 47.5 Å². The number of hydrogen-bond donors (Lipinski definition) is 1. The van der Waals surface area contributed by atoms with E-state index < -0.39 is 0 Å². The Balaban J connectivity index is 1.72. The lowest BCUT2D eigenvalue weighted by atomic mass is 9.70. The summed E-state index contributed by atoms with van der Waals surface area (Å²) >= 11 is 0. The molecular formula is C17H24N4. The highest BCUT2D eigenvalue weighted by atomic mass is 15.2. The molecule has 4 nitrogen and oxygen atoms in total. The summed E-state index contributed by atoms with van der Waals surface area (Å²) in [5.41, 5.74) is 3.24. The van der Waals surface area contributed by atoms with E-state index in [1.165, 1.54) is 24.0 Å². The number of aryl methyl sites for hydroxylation is 2. The first kappa shape index (κ1) is 14.3. The van der Waals surface area contributed by atoms with Gasteiger partial charge in [0.15, 0.2) is 0 Å². The molecule has 1 atom stereocenters. The Kier molecular flexibility index (Phi) is 3.81. The van der Waals surface area contributed by atoms with Crippen LogP contribution in [0.3, 0.4) is 0 Å². The molecule has 112 valence electrons. The van der Waals surface area contributed by atoms with E-state index in [0.717, 1.165) is 18.8 Å². The molecule has 0 bridgehead atoms. The van der Waals surface area contributed by atoms with E-state index in [2.05, 4.69) is 53.6 Å². The molecule has 2 aromatic rings. The van der Waals surface area contributed by atoms with Crippen molar-refractivity contribution in [3.63, 3.8) is 0 Å². The van der Waals surface area contributed by atoms with E-state index in [9.17, 15) is 0 Å². The molecule has 4 heteroatoms. The molecule has 1 aliphatic rings. The number of nitrogens with zero attached hydrogens (tertiary/aromatic N) is 3. The van der Waals surface area contributed by atoms with Crippen molar-refractivity contribution in [2.75, 3.05) is 6.54 Å². The molecule has 0 aliphatic heterocycles. The molecule has 1 unspecified atom stereocenters. The molecule has 0 saturated heterocycles. The Morgan fingerprint density at radius 1 is 1.33 bits per heavy atom. The average Bonchev–Trinajstić information content (AvgIpc) is 2.87. The molecule has 0 saturated carbocycles. The van der Waals surface area contributed by atoms with Crippen molar-refractivity contribution < 1.29 is 0 Å². The van der Waals surface area contributed by atoms with Gasteiger partial charge < -0.3 is 9.88 Å². The zero-order valence-electron chi connectivity index (χ0n) is 13.1. The third-order valence-electron chi connectivity index (χ3n) is 4.69. The third kappa shape index (κ3) is 2.86. The standard InChI is InChI=1S/C17H24N4/c1-17(2)10-8-13-6-4-5-7-14(13)16(17)18-11-9-15-20-19-12-21(15)3/h4-7,12,16,18H,8-11H2,1-3H3. The highest BCUT2D eigenvalue weighted by Gasteiger charge is 2.35. The molecule has 1 aromatic heterocycles. The van der Waals surface area contributed by atoms with Crippen LogP contribution in [-0.2, 0) is 19.9 Å². The second-order valence-electron chi connectivity index (χ2n) is 6.68. The minimum absolute atomic E-state index is 0.286. The number of hydrogen-bond acceptors (Lipinski definition) is 3. The SMILES string of the molecule is Cn1cnnc1CCNC1c2ccccc2CCC1(C)C. The van der Waals surface area contributed by atoms with Crippen LogP contribution in [0.2, 0.25) is 0 Å². The maximum absolute atomic E-state index is 4.15. The smallest absolute Gasteiger partial charge is 0.133 e. The largest absolute Gasteiger partial charge is 0.321 e. The lowest BCUT2D eigenvalue weighted by molar-refractivity contribution is 0.210. The van der Waals surface area contributed by atoms with Crippen LogP contribution in [0.25, 0.3) is 0 Å². The van der Waals surface area contributed by atoms with Gasteiger partial charge >= 0.3 is 0 Å².